The Hall–Kier alpha value is -1.55. The minimum absolute atomic E-state index is 0.0363. The number of benzene rings is 1. The van der Waals surface area contributed by atoms with Gasteiger partial charge < -0.3 is 14.6 Å². The SMILES string of the molecule is O=C1CC(O)c2c1ccc1c2OCO1. The molecule has 4 heteroatoms. The van der Waals surface area contributed by atoms with Crippen LogP contribution in [0.4, 0.5) is 0 Å². The molecule has 3 rings (SSSR count). The number of aliphatic hydroxyl groups excluding tert-OH is 1. The van der Waals surface area contributed by atoms with Crippen molar-refractivity contribution in [2.75, 3.05) is 6.79 Å². The van der Waals surface area contributed by atoms with E-state index in [1.165, 1.54) is 0 Å². The highest BCUT2D eigenvalue weighted by Crippen LogP contribution is 2.45. The minimum Gasteiger partial charge on any atom is -0.454 e. The maximum absolute atomic E-state index is 11.4. The monoisotopic (exact) mass is 192 g/mol. The van der Waals surface area contributed by atoms with E-state index in [0.29, 0.717) is 22.6 Å². The molecule has 1 heterocycles. The lowest BCUT2D eigenvalue weighted by molar-refractivity contribution is 0.0928. The Morgan fingerprint density at radius 3 is 3.07 bits per heavy atom. The number of fused-ring (bicyclic) bond motifs is 3. The Labute approximate surface area is 80.1 Å². The Balaban J connectivity index is 2.28. The highest BCUT2D eigenvalue weighted by atomic mass is 16.7. The Bertz CT molecular complexity index is 424. The number of Topliss-reactive ketones (excluding diaryl/α,β-unsaturated/α-hetero) is 1. The van der Waals surface area contributed by atoms with Crippen molar-refractivity contribution in [1.29, 1.82) is 0 Å². The third-order valence-electron chi connectivity index (χ3n) is 2.59. The molecular weight excluding hydrogens is 184 g/mol. The first-order valence-electron chi connectivity index (χ1n) is 4.41. The molecule has 4 nitrogen and oxygen atoms in total. The van der Waals surface area contributed by atoms with Gasteiger partial charge in [-0.25, -0.2) is 0 Å². The molecule has 1 aliphatic heterocycles. The Kier molecular flexibility index (Phi) is 1.39. The number of aliphatic hydroxyl groups is 1. The molecule has 2 aliphatic rings. The van der Waals surface area contributed by atoms with Crippen molar-refractivity contribution < 1.29 is 19.4 Å². The molecule has 0 aromatic heterocycles. The van der Waals surface area contributed by atoms with Crippen molar-refractivity contribution in [1.82, 2.24) is 0 Å². The van der Waals surface area contributed by atoms with E-state index in [4.69, 9.17) is 9.47 Å². The molecule has 0 saturated heterocycles. The van der Waals surface area contributed by atoms with E-state index < -0.39 is 6.10 Å². The second kappa shape index (κ2) is 2.48. The molecule has 1 aliphatic carbocycles. The number of carbonyl (C=O) groups excluding carboxylic acids is 1. The van der Waals surface area contributed by atoms with Gasteiger partial charge in [0, 0.05) is 17.5 Å². The van der Waals surface area contributed by atoms with Gasteiger partial charge in [0.25, 0.3) is 0 Å². The first-order chi connectivity index (χ1) is 6.77. The molecule has 72 valence electrons. The molecule has 1 aromatic rings. The summed E-state index contributed by atoms with van der Waals surface area (Å²) in [5.41, 5.74) is 1.15. The van der Waals surface area contributed by atoms with Gasteiger partial charge in [-0.1, -0.05) is 0 Å². The molecule has 0 bridgehead atoms. The number of carbonyl (C=O) groups is 1. The van der Waals surface area contributed by atoms with Gasteiger partial charge in [0.1, 0.15) is 0 Å². The number of ether oxygens (including phenoxy) is 2. The van der Waals surface area contributed by atoms with Crippen LogP contribution in [0, 0.1) is 0 Å². The molecule has 14 heavy (non-hydrogen) atoms. The van der Waals surface area contributed by atoms with E-state index in [0.717, 1.165) is 0 Å². The Morgan fingerprint density at radius 2 is 2.21 bits per heavy atom. The zero-order valence-corrected chi connectivity index (χ0v) is 7.32. The maximum Gasteiger partial charge on any atom is 0.231 e. The van der Waals surface area contributed by atoms with Crippen LogP contribution in [0.3, 0.4) is 0 Å². The van der Waals surface area contributed by atoms with Crippen molar-refractivity contribution in [3.05, 3.63) is 23.3 Å². The third kappa shape index (κ3) is 0.834. The van der Waals surface area contributed by atoms with E-state index in [1.54, 1.807) is 12.1 Å². The summed E-state index contributed by atoms with van der Waals surface area (Å²) >= 11 is 0. The molecule has 0 radical (unpaired) electrons. The zero-order valence-electron chi connectivity index (χ0n) is 7.32. The summed E-state index contributed by atoms with van der Waals surface area (Å²) < 4.78 is 10.4. The Morgan fingerprint density at radius 1 is 1.36 bits per heavy atom. The van der Waals surface area contributed by atoms with E-state index in [1.807, 2.05) is 0 Å². The van der Waals surface area contributed by atoms with Crippen molar-refractivity contribution in [2.45, 2.75) is 12.5 Å². The predicted molar refractivity (Wildman–Crippen MR) is 46.5 cm³/mol. The number of hydrogen-bond donors (Lipinski definition) is 1. The van der Waals surface area contributed by atoms with Crippen LogP contribution < -0.4 is 9.47 Å². The van der Waals surface area contributed by atoms with Gasteiger partial charge in [0.05, 0.1) is 6.10 Å². The van der Waals surface area contributed by atoms with E-state index in [2.05, 4.69) is 0 Å². The van der Waals surface area contributed by atoms with Crippen LogP contribution in [0.15, 0.2) is 12.1 Å². The molecule has 1 unspecified atom stereocenters. The highest BCUT2D eigenvalue weighted by Gasteiger charge is 2.34. The van der Waals surface area contributed by atoms with Gasteiger partial charge in [-0.3, -0.25) is 4.79 Å². The van der Waals surface area contributed by atoms with Gasteiger partial charge in [-0.2, -0.15) is 0 Å². The van der Waals surface area contributed by atoms with Crippen LogP contribution >= 0.6 is 0 Å². The van der Waals surface area contributed by atoms with Crippen LogP contribution in [0.2, 0.25) is 0 Å². The molecule has 0 saturated carbocycles. The lowest BCUT2D eigenvalue weighted by atomic mass is 10.1. The largest absolute Gasteiger partial charge is 0.454 e. The maximum atomic E-state index is 11.4. The fourth-order valence-corrected chi connectivity index (χ4v) is 1.96. The van der Waals surface area contributed by atoms with Crippen molar-refractivity contribution in [3.8, 4) is 11.5 Å². The summed E-state index contributed by atoms with van der Waals surface area (Å²) in [4.78, 5) is 11.4. The molecule has 0 spiro atoms. The highest BCUT2D eigenvalue weighted by molar-refractivity contribution is 6.02. The smallest absolute Gasteiger partial charge is 0.231 e. The fraction of sp³-hybridized carbons (Fsp3) is 0.300. The van der Waals surface area contributed by atoms with Gasteiger partial charge in [0.15, 0.2) is 17.3 Å². The van der Waals surface area contributed by atoms with E-state index in [9.17, 15) is 9.90 Å². The first kappa shape index (κ1) is 7.82. The lowest BCUT2D eigenvalue weighted by Crippen LogP contribution is -1.96. The molecule has 0 amide bonds. The average molecular weight is 192 g/mol. The summed E-state index contributed by atoms with van der Waals surface area (Å²) in [5, 5.41) is 9.66. The van der Waals surface area contributed by atoms with E-state index >= 15 is 0 Å². The van der Waals surface area contributed by atoms with Crippen molar-refractivity contribution in [2.24, 2.45) is 0 Å². The summed E-state index contributed by atoms with van der Waals surface area (Å²) in [5.74, 6) is 1.10. The molecule has 0 fully saturated rings. The number of ketones is 1. The predicted octanol–water partition coefficient (Wildman–Crippen LogP) is 1.04. The number of hydrogen-bond acceptors (Lipinski definition) is 4. The molecule has 1 atom stereocenters. The normalized spacial score (nSPS) is 22.6. The fourth-order valence-electron chi connectivity index (χ4n) is 1.96. The summed E-state index contributed by atoms with van der Waals surface area (Å²) in [7, 11) is 0. The summed E-state index contributed by atoms with van der Waals surface area (Å²) in [6, 6.07) is 3.39. The van der Waals surface area contributed by atoms with Crippen LogP contribution in [-0.2, 0) is 0 Å². The van der Waals surface area contributed by atoms with Crippen LogP contribution in [0.25, 0.3) is 0 Å². The summed E-state index contributed by atoms with van der Waals surface area (Å²) in [6.45, 7) is 0.159. The van der Waals surface area contributed by atoms with Crippen LogP contribution in [0.1, 0.15) is 28.4 Å². The summed E-state index contributed by atoms with van der Waals surface area (Å²) in [6.07, 6.45) is -0.594. The van der Waals surface area contributed by atoms with Crippen molar-refractivity contribution >= 4 is 5.78 Å². The third-order valence-corrected chi connectivity index (χ3v) is 2.59. The average Bonchev–Trinajstić information content (AvgIpc) is 2.71. The van der Waals surface area contributed by atoms with Gasteiger partial charge in [-0.15, -0.1) is 0 Å². The first-order valence-corrected chi connectivity index (χ1v) is 4.41. The second-order valence-corrected chi connectivity index (χ2v) is 3.40. The van der Waals surface area contributed by atoms with Crippen molar-refractivity contribution in [3.63, 3.8) is 0 Å². The van der Waals surface area contributed by atoms with Crippen LogP contribution in [0.5, 0.6) is 11.5 Å². The molecule has 1 N–H and O–H groups in total. The zero-order chi connectivity index (χ0) is 9.71. The van der Waals surface area contributed by atoms with Gasteiger partial charge in [-0.05, 0) is 12.1 Å². The lowest BCUT2D eigenvalue weighted by Gasteiger charge is -2.05. The van der Waals surface area contributed by atoms with Gasteiger partial charge in [0.2, 0.25) is 6.79 Å². The quantitative estimate of drug-likeness (QED) is 0.667. The van der Waals surface area contributed by atoms with Gasteiger partial charge >= 0.3 is 0 Å². The molecular formula is C10H8O4. The minimum atomic E-state index is -0.742. The standard InChI is InChI=1S/C10H8O4/c11-6-3-7(12)9-5(6)1-2-8-10(9)14-4-13-8/h1-2,7,12H,3-4H2. The number of rotatable bonds is 0. The second-order valence-electron chi connectivity index (χ2n) is 3.40. The van der Waals surface area contributed by atoms with E-state index in [-0.39, 0.29) is 19.0 Å². The molecule has 1 aromatic carbocycles. The van der Waals surface area contributed by atoms with Crippen LogP contribution in [-0.4, -0.2) is 17.7 Å². The topological polar surface area (TPSA) is 55.8 Å².